The highest BCUT2D eigenvalue weighted by Gasteiger charge is 2.69. The SMILES string of the molecule is CCO[C@]1(C(C)=O)CC[C@H]2[C@@H]3C=CC4=CC(=O)CC[C@@]4(C)[C@@H]3[C@@H](OC(=O)c3ccccc3)C[C@@]21C. The van der Waals surface area contributed by atoms with Gasteiger partial charge in [0, 0.05) is 24.4 Å². The smallest absolute Gasteiger partial charge is 0.338 e. The van der Waals surface area contributed by atoms with Gasteiger partial charge in [0.1, 0.15) is 11.7 Å². The molecule has 0 amide bonds. The molecule has 2 fully saturated rings. The lowest BCUT2D eigenvalue weighted by atomic mass is 9.47. The lowest BCUT2D eigenvalue weighted by molar-refractivity contribution is -0.185. The zero-order chi connectivity index (χ0) is 25.0. The number of allylic oxidation sites excluding steroid dienone is 4. The largest absolute Gasteiger partial charge is 0.458 e. The third-order valence-corrected chi connectivity index (χ3v) is 9.78. The summed E-state index contributed by atoms with van der Waals surface area (Å²) in [5.41, 5.74) is -0.0215. The Labute approximate surface area is 207 Å². The molecular formula is C30H36O5. The maximum absolute atomic E-state index is 13.3. The van der Waals surface area contributed by atoms with Gasteiger partial charge < -0.3 is 9.47 Å². The van der Waals surface area contributed by atoms with E-state index in [9.17, 15) is 14.4 Å². The maximum atomic E-state index is 13.3. The fourth-order valence-corrected chi connectivity index (χ4v) is 8.14. The number of ether oxygens (including phenoxy) is 2. The Morgan fingerprint density at radius 2 is 1.86 bits per heavy atom. The average molecular weight is 477 g/mol. The second-order valence-electron chi connectivity index (χ2n) is 11.3. The van der Waals surface area contributed by atoms with E-state index in [4.69, 9.17) is 9.47 Å². The Morgan fingerprint density at radius 3 is 2.54 bits per heavy atom. The lowest BCUT2D eigenvalue weighted by Gasteiger charge is -2.59. The van der Waals surface area contributed by atoms with E-state index in [1.54, 1.807) is 25.1 Å². The molecule has 0 radical (unpaired) electrons. The molecule has 0 N–H and O–H groups in total. The van der Waals surface area contributed by atoms with Gasteiger partial charge in [0.2, 0.25) is 0 Å². The Bertz CT molecular complexity index is 1100. The van der Waals surface area contributed by atoms with Crippen LogP contribution in [0.1, 0.15) is 70.2 Å². The fraction of sp³-hybridized carbons (Fsp3) is 0.567. The average Bonchev–Trinajstić information content (AvgIpc) is 3.13. The summed E-state index contributed by atoms with van der Waals surface area (Å²) in [5.74, 6) is 0.302. The number of hydrogen-bond acceptors (Lipinski definition) is 5. The molecule has 7 atom stereocenters. The summed E-state index contributed by atoms with van der Waals surface area (Å²) < 4.78 is 12.7. The van der Waals surface area contributed by atoms with E-state index in [1.807, 2.05) is 25.1 Å². The number of esters is 1. The molecule has 1 aromatic carbocycles. The first-order chi connectivity index (χ1) is 16.7. The molecule has 0 aromatic heterocycles. The molecule has 5 nitrogen and oxygen atoms in total. The van der Waals surface area contributed by atoms with Crippen LogP contribution in [0.25, 0.3) is 0 Å². The molecule has 0 unspecified atom stereocenters. The second kappa shape index (κ2) is 8.55. The third-order valence-electron chi connectivity index (χ3n) is 9.78. The highest BCUT2D eigenvalue weighted by Crippen LogP contribution is 2.67. The van der Waals surface area contributed by atoms with Crippen molar-refractivity contribution in [3.05, 3.63) is 59.7 Å². The zero-order valence-electron chi connectivity index (χ0n) is 21.2. The molecule has 5 heteroatoms. The summed E-state index contributed by atoms with van der Waals surface area (Å²) in [4.78, 5) is 38.8. The molecule has 4 aliphatic rings. The van der Waals surface area contributed by atoms with Crippen LogP contribution in [0, 0.1) is 28.6 Å². The van der Waals surface area contributed by atoms with Crippen LogP contribution in [0.15, 0.2) is 54.1 Å². The van der Waals surface area contributed by atoms with Crippen molar-refractivity contribution in [2.24, 2.45) is 28.6 Å². The summed E-state index contributed by atoms with van der Waals surface area (Å²) in [7, 11) is 0. The summed E-state index contributed by atoms with van der Waals surface area (Å²) in [6, 6.07) is 9.10. The van der Waals surface area contributed by atoms with Crippen molar-refractivity contribution >= 4 is 17.5 Å². The van der Waals surface area contributed by atoms with Crippen molar-refractivity contribution < 1.29 is 23.9 Å². The quantitative estimate of drug-likeness (QED) is 0.525. The summed E-state index contributed by atoms with van der Waals surface area (Å²) in [5, 5.41) is 0. The van der Waals surface area contributed by atoms with Crippen LogP contribution < -0.4 is 0 Å². The fourth-order valence-electron chi connectivity index (χ4n) is 8.14. The predicted octanol–water partition coefficient (Wildman–Crippen LogP) is 5.49. The van der Waals surface area contributed by atoms with E-state index in [0.717, 1.165) is 18.4 Å². The molecule has 0 spiro atoms. The van der Waals surface area contributed by atoms with Gasteiger partial charge in [-0.25, -0.2) is 4.79 Å². The molecule has 35 heavy (non-hydrogen) atoms. The number of carbonyl (C=O) groups is 3. The van der Waals surface area contributed by atoms with Gasteiger partial charge in [0.05, 0.1) is 5.56 Å². The standard InChI is InChI=1S/C30H36O5/c1-5-34-30(19(2)31)16-14-24-23-12-11-21-17-22(32)13-15-28(21,3)26(23)25(18-29(24,30)4)35-27(33)20-9-7-6-8-10-20/h6-12,17,23-26H,5,13-16,18H2,1-4H3/t23-,24-,25-,26-,28+,29-,30-/m0/s1. The summed E-state index contributed by atoms with van der Waals surface area (Å²) >= 11 is 0. The number of carbonyl (C=O) groups excluding carboxylic acids is 3. The third kappa shape index (κ3) is 3.49. The van der Waals surface area contributed by atoms with Gasteiger partial charge in [0.15, 0.2) is 11.6 Å². The van der Waals surface area contributed by atoms with Crippen LogP contribution in [0.2, 0.25) is 0 Å². The first-order valence-electron chi connectivity index (χ1n) is 13.0. The van der Waals surface area contributed by atoms with Crippen molar-refractivity contribution in [2.75, 3.05) is 6.61 Å². The van der Waals surface area contributed by atoms with Gasteiger partial charge in [-0.05, 0) is 80.6 Å². The number of hydrogen-bond donors (Lipinski definition) is 0. The van der Waals surface area contributed by atoms with Crippen LogP contribution in [0.5, 0.6) is 0 Å². The van der Waals surface area contributed by atoms with Crippen molar-refractivity contribution in [1.82, 2.24) is 0 Å². The molecular weight excluding hydrogens is 440 g/mol. The van der Waals surface area contributed by atoms with Gasteiger partial charge >= 0.3 is 5.97 Å². The molecule has 5 rings (SSSR count). The normalized spacial score (nSPS) is 39.8. The molecule has 0 saturated heterocycles. The van der Waals surface area contributed by atoms with Crippen LogP contribution in [-0.2, 0) is 19.1 Å². The minimum absolute atomic E-state index is 0.0435. The number of benzene rings is 1. The highest BCUT2D eigenvalue weighted by molar-refractivity contribution is 5.92. The molecule has 0 aliphatic heterocycles. The number of Topliss-reactive ketones (excluding diaryl/α,β-unsaturated/α-hetero) is 1. The monoisotopic (exact) mass is 476 g/mol. The predicted molar refractivity (Wildman–Crippen MR) is 133 cm³/mol. The van der Waals surface area contributed by atoms with Crippen LogP contribution in [0.3, 0.4) is 0 Å². The van der Waals surface area contributed by atoms with Crippen molar-refractivity contribution in [3.63, 3.8) is 0 Å². The lowest BCUT2D eigenvalue weighted by Crippen LogP contribution is -2.62. The van der Waals surface area contributed by atoms with E-state index in [0.29, 0.717) is 31.4 Å². The van der Waals surface area contributed by atoms with Crippen LogP contribution in [-0.4, -0.2) is 35.8 Å². The van der Waals surface area contributed by atoms with Crippen molar-refractivity contribution in [2.45, 2.75) is 71.5 Å². The van der Waals surface area contributed by atoms with Gasteiger partial charge in [-0.15, -0.1) is 0 Å². The summed E-state index contributed by atoms with van der Waals surface area (Å²) in [6.07, 6.45) is 9.15. The van der Waals surface area contributed by atoms with Crippen LogP contribution >= 0.6 is 0 Å². The van der Waals surface area contributed by atoms with E-state index < -0.39 is 17.1 Å². The Kier molecular flexibility index (Phi) is 5.90. The Morgan fingerprint density at radius 1 is 1.11 bits per heavy atom. The minimum atomic E-state index is -0.873. The van der Waals surface area contributed by atoms with E-state index in [1.165, 1.54) is 0 Å². The van der Waals surface area contributed by atoms with Gasteiger partial charge in [-0.2, -0.15) is 0 Å². The first-order valence-corrected chi connectivity index (χ1v) is 13.0. The number of rotatable bonds is 5. The number of ketones is 2. The maximum Gasteiger partial charge on any atom is 0.338 e. The minimum Gasteiger partial charge on any atom is -0.458 e. The highest BCUT2D eigenvalue weighted by atomic mass is 16.5. The molecule has 4 aliphatic carbocycles. The summed E-state index contributed by atoms with van der Waals surface area (Å²) in [6.45, 7) is 8.46. The zero-order valence-corrected chi connectivity index (χ0v) is 21.2. The molecule has 1 aromatic rings. The molecule has 0 bridgehead atoms. The van der Waals surface area contributed by atoms with E-state index in [2.05, 4.69) is 26.0 Å². The number of fused-ring (bicyclic) bond motifs is 5. The van der Waals surface area contributed by atoms with Gasteiger partial charge in [-0.1, -0.05) is 44.2 Å². The second-order valence-corrected chi connectivity index (χ2v) is 11.3. The van der Waals surface area contributed by atoms with Crippen molar-refractivity contribution in [1.29, 1.82) is 0 Å². The van der Waals surface area contributed by atoms with Gasteiger partial charge in [-0.3, -0.25) is 9.59 Å². The van der Waals surface area contributed by atoms with E-state index >= 15 is 0 Å². The van der Waals surface area contributed by atoms with E-state index in [-0.39, 0.29) is 40.7 Å². The molecule has 0 heterocycles. The topological polar surface area (TPSA) is 69.7 Å². The van der Waals surface area contributed by atoms with Gasteiger partial charge in [0.25, 0.3) is 0 Å². The van der Waals surface area contributed by atoms with Crippen molar-refractivity contribution in [3.8, 4) is 0 Å². The molecule has 2 saturated carbocycles. The van der Waals surface area contributed by atoms with Crippen LogP contribution in [0.4, 0.5) is 0 Å². The first kappa shape index (κ1) is 24.2. The molecule has 186 valence electrons. The Balaban J connectivity index is 1.61. The Hall–Kier alpha value is -2.53.